The standard InChI is InChI=1S/C15H24N2O4/c1-19-9-7-17(8-10-20-2)12-15(18)16-13-5-4-6-14(11-13)21-3/h4-6,11H,7-10,12H2,1-3H3,(H,16,18). The zero-order chi connectivity index (χ0) is 15.5. The Labute approximate surface area is 126 Å². The van der Waals surface area contributed by atoms with Crippen molar-refractivity contribution in [1.82, 2.24) is 4.90 Å². The zero-order valence-electron chi connectivity index (χ0n) is 12.9. The molecule has 0 unspecified atom stereocenters. The fourth-order valence-corrected chi connectivity index (χ4v) is 1.82. The van der Waals surface area contributed by atoms with Gasteiger partial charge in [-0.2, -0.15) is 0 Å². The van der Waals surface area contributed by atoms with Gasteiger partial charge < -0.3 is 19.5 Å². The molecule has 1 amide bonds. The summed E-state index contributed by atoms with van der Waals surface area (Å²) in [5, 5.41) is 2.86. The predicted octanol–water partition coefficient (Wildman–Crippen LogP) is 1.23. The van der Waals surface area contributed by atoms with E-state index in [1.165, 1.54) is 0 Å². The lowest BCUT2D eigenvalue weighted by Crippen LogP contribution is -2.37. The maximum Gasteiger partial charge on any atom is 0.238 e. The average molecular weight is 296 g/mol. The molecule has 1 aromatic rings. The quantitative estimate of drug-likeness (QED) is 0.703. The van der Waals surface area contributed by atoms with Crippen molar-refractivity contribution in [2.45, 2.75) is 0 Å². The molecule has 0 spiro atoms. The van der Waals surface area contributed by atoms with E-state index in [4.69, 9.17) is 14.2 Å². The topological polar surface area (TPSA) is 60.0 Å². The zero-order valence-corrected chi connectivity index (χ0v) is 12.9. The van der Waals surface area contributed by atoms with Crippen LogP contribution >= 0.6 is 0 Å². The molecule has 0 aliphatic rings. The van der Waals surface area contributed by atoms with Crippen molar-refractivity contribution < 1.29 is 19.0 Å². The molecule has 0 aliphatic carbocycles. The van der Waals surface area contributed by atoms with Crippen molar-refractivity contribution in [1.29, 1.82) is 0 Å². The minimum atomic E-state index is -0.0736. The number of nitrogens with zero attached hydrogens (tertiary/aromatic N) is 1. The lowest BCUT2D eigenvalue weighted by Gasteiger charge is -2.21. The van der Waals surface area contributed by atoms with Gasteiger partial charge in [-0.1, -0.05) is 6.07 Å². The monoisotopic (exact) mass is 296 g/mol. The third-order valence-electron chi connectivity index (χ3n) is 2.94. The molecule has 1 aromatic carbocycles. The summed E-state index contributed by atoms with van der Waals surface area (Å²) in [5.41, 5.74) is 0.720. The first-order valence-corrected chi connectivity index (χ1v) is 6.83. The highest BCUT2D eigenvalue weighted by Gasteiger charge is 2.11. The SMILES string of the molecule is COCCN(CCOC)CC(=O)Nc1cccc(OC)c1. The fourth-order valence-electron chi connectivity index (χ4n) is 1.82. The highest BCUT2D eigenvalue weighted by atomic mass is 16.5. The molecule has 21 heavy (non-hydrogen) atoms. The summed E-state index contributed by atoms with van der Waals surface area (Å²) in [7, 11) is 4.88. The molecular weight excluding hydrogens is 272 g/mol. The summed E-state index contributed by atoms with van der Waals surface area (Å²) in [6, 6.07) is 7.28. The molecule has 0 aromatic heterocycles. The Morgan fingerprint density at radius 3 is 2.38 bits per heavy atom. The summed E-state index contributed by atoms with van der Waals surface area (Å²) < 4.78 is 15.2. The molecule has 0 saturated heterocycles. The molecule has 0 aliphatic heterocycles. The first-order valence-electron chi connectivity index (χ1n) is 6.83. The molecule has 6 nitrogen and oxygen atoms in total. The Kier molecular flexibility index (Phi) is 8.42. The largest absolute Gasteiger partial charge is 0.497 e. The predicted molar refractivity (Wildman–Crippen MR) is 81.8 cm³/mol. The van der Waals surface area contributed by atoms with E-state index in [2.05, 4.69) is 5.32 Å². The van der Waals surface area contributed by atoms with Crippen molar-refractivity contribution >= 4 is 11.6 Å². The minimum Gasteiger partial charge on any atom is -0.497 e. The van der Waals surface area contributed by atoms with Crippen LogP contribution in [0.3, 0.4) is 0 Å². The van der Waals surface area contributed by atoms with Crippen molar-refractivity contribution in [2.24, 2.45) is 0 Å². The van der Waals surface area contributed by atoms with Crippen LogP contribution in [-0.2, 0) is 14.3 Å². The number of methoxy groups -OCH3 is 3. The second kappa shape index (κ2) is 10.1. The van der Waals surface area contributed by atoms with E-state index in [1.807, 2.05) is 23.1 Å². The lowest BCUT2D eigenvalue weighted by atomic mass is 10.3. The Hall–Kier alpha value is -1.63. The van der Waals surface area contributed by atoms with Gasteiger partial charge in [-0.3, -0.25) is 9.69 Å². The van der Waals surface area contributed by atoms with E-state index in [0.717, 1.165) is 5.69 Å². The van der Waals surface area contributed by atoms with E-state index in [-0.39, 0.29) is 5.91 Å². The van der Waals surface area contributed by atoms with Crippen LogP contribution in [-0.4, -0.2) is 65.0 Å². The van der Waals surface area contributed by atoms with Gasteiger partial charge in [0.25, 0.3) is 0 Å². The van der Waals surface area contributed by atoms with Crippen molar-refractivity contribution in [3.05, 3.63) is 24.3 Å². The number of hydrogen-bond donors (Lipinski definition) is 1. The number of rotatable bonds is 10. The van der Waals surface area contributed by atoms with Crippen molar-refractivity contribution in [3.63, 3.8) is 0 Å². The molecule has 1 N–H and O–H groups in total. The molecule has 0 radical (unpaired) electrons. The normalized spacial score (nSPS) is 10.7. The molecular formula is C15H24N2O4. The maximum atomic E-state index is 12.1. The van der Waals surface area contributed by atoms with Crippen LogP contribution in [0.5, 0.6) is 5.75 Å². The second-order valence-electron chi connectivity index (χ2n) is 4.54. The van der Waals surface area contributed by atoms with Crippen LogP contribution in [0.15, 0.2) is 24.3 Å². The number of carbonyl (C=O) groups excluding carboxylic acids is 1. The van der Waals surface area contributed by atoms with Gasteiger partial charge in [0.15, 0.2) is 0 Å². The van der Waals surface area contributed by atoms with Gasteiger partial charge in [0.05, 0.1) is 26.9 Å². The number of benzene rings is 1. The van der Waals surface area contributed by atoms with Gasteiger partial charge in [-0.05, 0) is 12.1 Å². The van der Waals surface area contributed by atoms with Crippen LogP contribution in [0.1, 0.15) is 0 Å². The van der Waals surface area contributed by atoms with Gasteiger partial charge in [0, 0.05) is 39.1 Å². The van der Waals surface area contributed by atoms with Crippen LogP contribution < -0.4 is 10.1 Å². The molecule has 0 fully saturated rings. The summed E-state index contributed by atoms with van der Waals surface area (Å²) in [6.07, 6.45) is 0. The summed E-state index contributed by atoms with van der Waals surface area (Å²) in [6.45, 7) is 2.83. The number of anilines is 1. The Bertz CT molecular complexity index is 418. The number of hydrogen-bond acceptors (Lipinski definition) is 5. The van der Waals surface area contributed by atoms with E-state index in [1.54, 1.807) is 27.4 Å². The Morgan fingerprint density at radius 2 is 1.81 bits per heavy atom. The number of ether oxygens (including phenoxy) is 3. The third-order valence-corrected chi connectivity index (χ3v) is 2.94. The molecule has 0 saturated carbocycles. The summed E-state index contributed by atoms with van der Waals surface area (Å²) >= 11 is 0. The molecule has 0 heterocycles. The Morgan fingerprint density at radius 1 is 1.14 bits per heavy atom. The molecule has 6 heteroatoms. The summed E-state index contributed by atoms with van der Waals surface area (Å²) in [4.78, 5) is 14.1. The molecule has 1 rings (SSSR count). The lowest BCUT2D eigenvalue weighted by molar-refractivity contribution is -0.117. The minimum absolute atomic E-state index is 0.0736. The average Bonchev–Trinajstić information content (AvgIpc) is 2.50. The number of nitrogens with one attached hydrogen (secondary N) is 1. The van der Waals surface area contributed by atoms with Crippen LogP contribution in [0.4, 0.5) is 5.69 Å². The van der Waals surface area contributed by atoms with Gasteiger partial charge >= 0.3 is 0 Å². The van der Waals surface area contributed by atoms with Crippen LogP contribution in [0.2, 0.25) is 0 Å². The van der Waals surface area contributed by atoms with Gasteiger partial charge in [0.2, 0.25) is 5.91 Å². The molecule has 0 atom stereocenters. The second-order valence-corrected chi connectivity index (χ2v) is 4.54. The van der Waals surface area contributed by atoms with E-state index in [0.29, 0.717) is 38.6 Å². The van der Waals surface area contributed by atoms with Crippen molar-refractivity contribution in [2.75, 3.05) is 59.5 Å². The van der Waals surface area contributed by atoms with Gasteiger partial charge in [0.1, 0.15) is 5.75 Å². The number of carbonyl (C=O) groups is 1. The first kappa shape index (κ1) is 17.4. The smallest absolute Gasteiger partial charge is 0.238 e. The molecule has 118 valence electrons. The van der Waals surface area contributed by atoms with Crippen molar-refractivity contribution in [3.8, 4) is 5.75 Å². The fraction of sp³-hybridized carbons (Fsp3) is 0.533. The maximum absolute atomic E-state index is 12.1. The Balaban J connectivity index is 2.51. The third kappa shape index (κ3) is 7.08. The van der Waals surface area contributed by atoms with E-state index in [9.17, 15) is 4.79 Å². The van der Waals surface area contributed by atoms with Crippen LogP contribution in [0, 0.1) is 0 Å². The van der Waals surface area contributed by atoms with E-state index < -0.39 is 0 Å². The van der Waals surface area contributed by atoms with Gasteiger partial charge in [-0.25, -0.2) is 0 Å². The highest BCUT2D eigenvalue weighted by Crippen LogP contribution is 2.16. The summed E-state index contributed by atoms with van der Waals surface area (Å²) in [5.74, 6) is 0.638. The van der Waals surface area contributed by atoms with E-state index >= 15 is 0 Å². The van der Waals surface area contributed by atoms with Gasteiger partial charge in [-0.15, -0.1) is 0 Å². The molecule has 0 bridgehead atoms. The highest BCUT2D eigenvalue weighted by molar-refractivity contribution is 5.92. The number of amides is 1. The van der Waals surface area contributed by atoms with Crippen LogP contribution in [0.25, 0.3) is 0 Å². The first-order chi connectivity index (χ1) is 10.2.